The summed E-state index contributed by atoms with van der Waals surface area (Å²) in [6, 6.07) is 12.2. The maximum absolute atomic E-state index is 15.1. The highest BCUT2D eigenvalue weighted by Gasteiger charge is 2.29. The van der Waals surface area contributed by atoms with Crippen LogP contribution in [0.25, 0.3) is 5.76 Å². The third-order valence-electron chi connectivity index (χ3n) is 6.01. The average Bonchev–Trinajstić information content (AvgIpc) is 3.52. The zero-order valence-corrected chi connectivity index (χ0v) is 18.6. The number of rotatable bonds is 8. The quantitative estimate of drug-likeness (QED) is 0.263. The number of aliphatic hydroxyl groups excluding tert-OH is 1. The van der Waals surface area contributed by atoms with E-state index in [2.05, 4.69) is 9.89 Å². The molecule has 1 saturated heterocycles. The van der Waals surface area contributed by atoms with Gasteiger partial charge in [-0.25, -0.2) is 13.6 Å². The smallest absolute Gasteiger partial charge is 0.343 e. The summed E-state index contributed by atoms with van der Waals surface area (Å²) in [4.78, 5) is 18.7. The largest absolute Gasteiger partial charge is 0.506 e. The number of benzene rings is 2. The number of ether oxygens (including phenoxy) is 1. The highest BCUT2D eigenvalue weighted by atomic mass is 19.1. The number of halogens is 2. The van der Waals surface area contributed by atoms with Crippen LogP contribution in [0, 0.1) is 11.6 Å². The number of carbonyl (C=O) groups excluding carboxylic acids is 1. The molecule has 33 heavy (non-hydrogen) atoms. The normalized spacial score (nSPS) is 19.7. The van der Waals surface area contributed by atoms with E-state index in [4.69, 9.17) is 4.74 Å². The van der Waals surface area contributed by atoms with E-state index in [0.29, 0.717) is 13.0 Å². The molecule has 1 aliphatic heterocycles. The van der Waals surface area contributed by atoms with Gasteiger partial charge in [0.2, 0.25) is 0 Å². The van der Waals surface area contributed by atoms with E-state index in [-0.39, 0.29) is 35.3 Å². The number of carbonyl (C=O) groups is 1. The Bertz CT molecular complexity index is 1060. The summed E-state index contributed by atoms with van der Waals surface area (Å²) in [7, 11) is 0. The average molecular weight is 455 g/mol. The standard InChI is InChI=1S/C26H28F2N2O3/c1-2-33-26(32)22(14-29-19-8-9-19)25(31)21-13-23(27)20(12-24(21)28)18-10-11-30(16-18)15-17-6-4-3-5-7-17/h3-7,12-14,18-19,31H,2,8-11,15-16H2,1H3. The molecule has 0 amide bonds. The molecule has 2 aromatic rings. The van der Waals surface area contributed by atoms with E-state index >= 15 is 8.78 Å². The molecule has 0 bridgehead atoms. The molecule has 1 unspecified atom stereocenters. The van der Waals surface area contributed by atoms with Crippen LogP contribution in [-0.4, -0.2) is 47.9 Å². The fourth-order valence-corrected chi connectivity index (χ4v) is 4.10. The minimum Gasteiger partial charge on any atom is -0.506 e. The SMILES string of the molecule is CCOC(=O)C(C=NC1CC1)=C(O)c1cc(F)c(C2CCN(Cc3ccccc3)C2)cc1F. The van der Waals surface area contributed by atoms with Crippen molar-refractivity contribution in [2.75, 3.05) is 19.7 Å². The fraction of sp³-hybridized carbons (Fsp3) is 0.385. The lowest BCUT2D eigenvalue weighted by molar-refractivity contribution is -0.137. The lowest BCUT2D eigenvalue weighted by Crippen LogP contribution is -2.20. The highest BCUT2D eigenvalue weighted by molar-refractivity contribution is 6.15. The van der Waals surface area contributed by atoms with Crippen molar-refractivity contribution in [3.05, 3.63) is 76.4 Å². The van der Waals surface area contributed by atoms with E-state index in [9.17, 15) is 9.90 Å². The van der Waals surface area contributed by atoms with Crippen molar-refractivity contribution in [2.45, 2.75) is 44.7 Å². The molecule has 1 heterocycles. The Hall–Kier alpha value is -3.06. The van der Waals surface area contributed by atoms with Crippen molar-refractivity contribution >= 4 is 17.9 Å². The molecule has 0 aromatic heterocycles. The second-order valence-corrected chi connectivity index (χ2v) is 8.55. The molecule has 0 radical (unpaired) electrons. The van der Waals surface area contributed by atoms with Gasteiger partial charge in [-0.05, 0) is 56.0 Å². The highest BCUT2D eigenvalue weighted by Crippen LogP contribution is 2.33. The first kappa shape index (κ1) is 23.1. The third-order valence-corrected chi connectivity index (χ3v) is 6.01. The Morgan fingerprint density at radius 2 is 1.94 bits per heavy atom. The number of aliphatic imine (C=N–C) groups is 1. The zero-order valence-electron chi connectivity index (χ0n) is 18.6. The molecule has 7 heteroatoms. The first-order chi connectivity index (χ1) is 16.0. The van der Waals surface area contributed by atoms with Crippen LogP contribution in [0.4, 0.5) is 8.78 Å². The van der Waals surface area contributed by atoms with Gasteiger partial charge in [-0.3, -0.25) is 9.89 Å². The fourth-order valence-electron chi connectivity index (χ4n) is 4.10. The van der Waals surface area contributed by atoms with Crippen LogP contribution in [0.15, 0.2) is 53.0 Å². The molecule has 0 spiro atoms. The molecule has 1 N–H and O–H groups in total. The summed E-state index contributed by atoms with van der Waals surface area (Å²) in [5.74, 6) is -3.03. The van der Waals surface area contributed by atoms with E-state index in [0.717, 1.165) is 38.1 Å². The Kier molecular flexibility index (Phi) is 7.18. The molecule has 174 valence electrons. The predicted molar refractivity (Wildman–Crippen MR) is 123 cm³/mol. The molecule has 1 aliphatic carbocycles. The summed E-state index contributed by atoms with van der Waals surface area (Å²) in [6.07, 6.45) is 3.71. The van der Waals surface area contributed by atoms with Crippen molar-refractivity contribution in [2.24, 2.45) is 4.99 Å². The van der Waals surface area contributed by atoms with Gasteiger partial charge < -0.3 is 9.84 Å². The number of nitrogens with zero attached hydrogens (tertiary/aromatic N) is 2. The van der Waals surface area contributed by atoms with Gasteiger partial charge in [-0.15, -0.1) is 0 Å². The second kappa shape index (κ2) is 10.3. The summed E-state index contributed by atoms with van der Waals surface area (Å²) in [5.41, 5.74) is 0.809. The van der Waals surface area contributed by atoms with Gasteiger partial charge in [0.25, 0.3) is 0 Å². The minimum absolute atomic E-state index is 0.0871. The van der Waals surface area contributed by atoms with Gasteiger partial charge >= 0.3 is 5.97 Å². The lowest BCUT2D eigenvalue weighted by Gasteiger charge is -2.17. The van der Waals surface area contributed by atoms with Crippen molar-refractivity contribution in [3.63, 3.8) is 0 Å². The van der Waals surface area contributed by atoms with Crippen molar-refractivity contribution in [1.29, 1.82) is 0 Å². The van der Waals surface area contributed by atoms with Crippen LogP contribution in [0.2, 0.25) is 0 Å². The molecule has 2 aliphatic rings. The van der Waals surface area contributed by atoms with Gasteiger partial charge in [0.15, 0.2) is 0 Å². The number of likely N-dealkylation sites (tertiary alicyclic amines) is 1. The van der Waals surface area contributed by atoms with Crippen LogP contribution in [0.5, 0.6) is 0 Å². The lowest BCUT2D eigenvalue weighted by atomic mass is 9.95. The van der Waals surface area contributed by atoms with Crippen molar-refractivity contribution in [3.8, 4) is 0 Å². The van der Waals surface area contributed by atoms with E-state index in [1.807, 2.05) is 30.3 Å². The maximum Gasteiger partial charge on any atom is 0.343 e. The first-order valence-corrected chi connectivity index (χ1v) is 11.3. The van der Waals surface area contributed by atoms with Gasteiger partial charge in [0.1, 0.15) is 23.0 Å². The Morgan fingerprint density at radius 1 is 1.18 bits per heavy atom. The molecule has 2 aromatic carbocycles. The van der Waals surface area contributed by atoms with E-state index < -0.39 is 23.4 Å². The number of aliphatic hydroxyl groups is 1. The van der Waals surface area contributed by atoms with Gasteiger partial charge in [0, 0.05) is 25.2 Å². The number of esters is 1. The van der Waals surface area contributed by atoms with Crippen LogP contribution >= 0.6 is 0 Å². The van der Waals surface area contributed by atoms with Gasteiger partial charge in [-0.2, -0.15) is 0 Å². The third kappa shape index (κ3) is 5.66. The first-order valence-electron chi connectivity index (χ1n) is 11.3. The molecular weight excluding hydrogens is 426 g/mol. The van der Waals surface area contributed by atoms with Crippen molar-refractivity contribution < 1.29 is 23.4 Å². The number of hydrogen-bond acceptors (Lipinski definition) is 5. The molecule has 1 saturated carbocycles. The van der Waals surface area contributed by atoms with Gasteiger partial charge in [0.05, 0.1) is 18.2 Å². The topological polar surface area (TPSA) is 62.1 Å². The molecule has 5 nitrogen and oxygen atoms in total. The number of hydrogen-bond donors (Lipinski definition) is 1. The van der Waals surface area contributed by atoms with E-state index in [1.54, 1.807) is 6.92 Å². The van der Waals surface area contributed by atoms with Gasteiger partial charge in [-0.1, -0.05) is 30.3 Å². The summed E-state index contributed by atoms with van der Waals surface area (Å²) in [5, 5.41) is 10.7. The Balaban J connectivity index is 1.56. The Morgan fingerprint density at radius 3 is 2.64 bits per heavy atom. The summed E-state index contributed by atoms with van der Waals surface area (Å²) < 4.78 is 35.1. The van der Waals surface area contributed by atoms with Crippen LogP contribution in [0.3, 0.4) is 0 Å². The molecule has 2 fully saturated rings. The van der Waals surface area contributed by atoms with Crippen LogP contribution in [-0.2, 0) is 16.1 Å². The molecular formula is C26H28F2N2O3. The monoisotopic (exact) mass is 454 g/mol. The van der Waals surface area contributed by atoms with Crippen molar-refractivity contribution in [1.82, 2.24) is 4.90 Å². The summed E-state index contributed by atoms with van der Waals surface area (Å²) in [6.45, 7) is 3.88. The molecule has 1 atom stereocenters. The second-order valence-electron chi connectivity index (χ2n) is 8.55. The zero-order chi connectivity index (χ0) is 23.4. The molecule has 4 rings (SSSR count). The maximum atomic E-state index is 15.1. The van der Waals surface area contributed by atoms with Crippen LogP contribution < -0.4 is 0 Å². The predicted octanol–water partition coefficient (Wildman–Crippen LogP) is 5.02. The van der Waals surface area contributed by atoms with Crippen LogP contribution in [0.1, 0.15) is 48.8 Å². The van der Waals surface area contributed by atoms with E-state index in [1.165, 1.54) is 11.8 Å². The minimum atomic E-state index is -0.823. The summed E-state index contributed by atoms with van der Waals surface area (Å²) >= 11 is 0. The Labute approximate surface area is 192 Å².